The van der Waals surface area contributed by atoms with Gasteiger partial charge in [-0.15, -0.1) is 11.3 Å². The molecule has 1 aromatic heterocycles. The van der Waals surface area contributed by atoms with E-state index in [1.54, 1.807) is 34.5 Å². The molecule has 0 spiro atoms. The van der Waals surface area contributed by atoms with Gasteiger partial charge in [0.05, 0.1) is 5.01 Å². The fraction of sp³-hybridized carbons (Fsp3) is 0.286. The largest absolute Gasteiger partial charge is 0.508 e. The van der Waals surface area contributed by atoms with Crippen LogP contribution in [0.4, 0.5) is 5.69 Å². The molecule has 1 aromatic carbocycles. The van der Waals surface area contributed by atoms with Gasteiger partial charge in [0.2, 0.25) is 0 Å². The molecular formula is C14H17N3O2S. The molecule has 1 heterocycles. The van der Waals surface area contributed by atoms with Crippen LogP contribution in [0.15, 0.2) is 29.6 Å². The second-order valence-electron chi connectivity index (χ2n) is 4.23. The number of thiazole rings is 1. The maximum absolute atomic E-state index is 12.5. The van der Waals surface area contributed by atoms with E-state index in [9.17, 15) is 9.90 Å². The van der Waals surface area contributed by atoms with Crippen LogP contribution in [0.25, 0.3) is 0 Å². The Morgan fingerprint density at radius 2 is 2.30 bits per heavy atom. The second kappa shape index (κ2) is 6.49. The predicted octanol–water partition coefficient (Wildman–Crippen LogP) is 2.02. The number of rotatable bonds is 5. The van der Waals surface area contributed by atoms with Crippen molar-refractivity contribution in [3.05, 3.63) is 40.3 Å². The van der Waals surface area contributed by atoms with Gasteiger partial charge in [-0.25, -0.2) is 4.98 Å². The molecule has 0 radical (unpaired) electrons. The van der Waals surface area contributed by atoms with Crippen LogP contribution in [-0.4, -0.2) is 29.1 Å². The number of hydrogen-bond donors (Lipinski definition) is 2. The lowest BCUT2D eigenvalue weighted by Gasteiger charge is -2.20. The Kier molecular flexibility index (Phi) is 4.70. The summed E-state index contributed by atoms with van der Waals surface area (Å²) in [6.07, 6.45) is 0.677. The molecular weight excluding hydrogens is 274 g/mol. The third-order valence-electron chi connectivity index (χ3n) is 2.83. The quantitative estimate of drug-likeness (QED) is 0.883. The number of nitrogens with two attached hydrogens (primary N) is 1. The highest BCUT2D eigenvalue weighted by atomic mass is 32.1. The maximum Gasteiger partial charge on any atom is 0.277 e. The Bertz CT molecular complexity index is 598. The van der Waals surface area contributed by atoms with Crippen LogP contribution >= 0.6 is 11.3 Å². The van der Waals surface area contributed by atoms with Crippen LogP contribution in [0.5, 0.6) is 5.75 Å². The summed E-state index contributed by atoms with van der Waals surface area (Å²) in [7, 11) is 0. The fourth-order valence-electron chi connectivity index (χ4n) is 1.89. The number of carbonyl (C=O) groups excluding carboxylic acids is 1. The van der Waals surface area contributed by atoms with Crippen LogP contribution in [0.1, 0.15) is 22.4 Å². The summed E-state index contributed by atoms with van der Waals surface area (Å²) in [5, 5.41) is 12.1. The molecule has 0 aliphatic heterocycles. The zero-order valence-electron chi connectivity index (χ0n) is 11.2. The van der Waals surface area contributed by atoms with Crippen LogP contribution in [0.3, 0.4) is 0 Å². The van der Waals surface area contributed by atoms with Crippen LogP contribution in [0.2, 0.25) is 0 Å². The molecule has 20 heavy (non-hydrogen) atoms. The van der Waals surface area contributed by atoms with Gasteiger partial charge in [-0.2, -0.15) is 0 Å². The Morgan fingerprint density at radius 1 is 1.50 bits per heavy atom. The number of phenolic OH excluding ortho intramolecular Hbond substituents is 1. The Hall–Kier alpha value is -1.92. The fourth-order valence-corrected chi connectivity index (χ4v) is 2.68. The number of nitrogens with zero attached hydrogens (tertiary/aromatic N) is 2. The van der Waals surface area contributed by atoms with Crippen molar-refractivity contribution < 1.29 is 9.90 Å². The van der Waals surface area contributed by atoms with Crippen molar-refractivity contribution in [3.63, 3.8) is 0 Å². The minimum atomic E-state index is -0.169. The molecule has 0 saturated carbocycles. The standard InChI is InChI=1S/C14H17N3O2S/c1-2-17(10-4-3-5-11(18)8-10)14(19)12-9-20-13(16-12)6-7-15/h3-5,8-9,18H,2,6-7,15H2,1H3. The van der Waals surface area contributed by atoms with Gasteiger partial charge in [-0.1, -0.05) is 6.07 Å². The molecule has 0 saturated heterocycles. The molecule has 0 atom stereocenters. The molecule has 0 unspecified atom stereocenters. The minimum absolute atomic E-state index is 0.135. The minimum Gasteiger partial charge on any atom is -0.508 e. The van der Waals surface area contributed by atoms with E-state index < -0.39 is 0 Å². The first-order valence-electron chi connectivity index (χ1n) is 6.41. The summed E-state index contributed by atoms with van der Waals surface area (Å²) in [5.41, 5.74) is 6.56. The smallest absolute Gasteiger partial charge is 0.277 e. The monoisotopic (exact) mass is 291 g/mol. The second-order valence-corrected chi connectivity index (χ2v) is 5.18. The van der Waals surface area contributed by atoms with Crippen molar-refractivity contribution in [3.8, 4) is 5.75 Å². The van der Waals surface area contributed by atoms with Crippen molar-refractivity contribution in [2.24, 2.45) is 5.73 Å². The van der Waals surface area contributed by atoms with E-state index >= 15 is 0 Å². The van der Waals surface area contributed by atoms with Gasteiger partial charge in [0, 0.05) is 30.1 Å². The normalized spacial score (nSPS) is 10.5. The van der Waals surface area contributed by atoms with E-state index in [1.807, 2.05) is 6.92 Å². The number of carbonyl (C=O) groups is 1. The van der Waals surface area contributed by atoms with E-state index in [4.69, 9.17) is 5.73 Å². The maximum atomic E-state index is 12.5. The third-order valence-corrected chi connectivity index (χ3v) is 3.74. The Balaban J connectivity index is 2.24. The first-order chi connectivity index (χ1) is 9.65. The lowest BCUT2D eigenvalue weighted by molar-refractivity contribution is 0.0984. The van der Waals surface area contributed by atoms with Gasteiger partial charge in [-0.3, -0.25) is 4.79 Å². The Morgan fingerprint density at radius 3 is 2.95 bits per heavy atom. The summed E-state index contributed by atoms with van der Waals surface area (Å²) in [5.74, 6) is -0.0338. The van der Waals surface area contributed by atoms with E-state index in [1.165, 1.54) is 11.3 Å². The molecule has 6 heteroatoms. The molecule has 106 valence electrons. The van der Waals surface area contributed by atoms with Gasteiger partial charge >= 0.3 is 0 Å². The summed E-state index contributed by atoms with van der Waals surface area (Å²) in [6, 6.07) is 6.63. The lowest BCUT2D eigenvalue weighted by Crippen LogP contribution is -2.30. The summed E-state index contributed by atoms with van der Waals surface area (Å²) in [4.78, 5) is 18.3. The molecule has 0 fully saturated rings. The molecule has 0 aliphatic carbocycles. The first kappa shape index (κ1) is 14.5. The van der Waals surface area contributed by atoms with Crippen molar-refractivity contribution >= 4 is 22.9 Å². The third kappa shape index (κ3) is 3.15. The van der Waals surface area contributed by atoms with Crippen LogP contribution in [-0.2, 0) is 6.42 Å². The summed E-state index contributed by atoms with van der Waals surface area (Å²) in [6.45, 7) is 2.91. The van der Waals surface area contributed by atoms with Crippen molar-refractivity contribution in [1.82, 2.24) is 4.98 Å². The molecule has 0 bridgehead atoms. The van der Waals surface area contributed by atoms with E-state index in [2.05, 4.69) is 4.98 Å². The Labute approximate surface area is 121 Å². The molecule has 5 nitrogen and oxygen atoms in total. The average molecular weight is 291 g/mol. The van der Waals surface area contributed by atoms with E-state index in [0.29, 0.717) is 30.9 Å². The summed E-state index contributed by atoms with van der Waals surface area (Å²) >= 11 is 1.44. The highest BCUT2D eigenvalue weighted by molar-refractivity contribution is 7.09. The zero-order chi connectivity index (χ0) is 14.5. The van der Waals surface area contributed by atoms with Gasteiger partial charge in [0.25, 0.3) is 5.91 Å². The first-order valence-corrected chi connectivity index (χ1v) is 7.29. The molecule has 2 aromatic rings. The summed E-state index contributed by atoms with van der Waals surface area (Å²) < 4.78 is 0. The zero-order valence-corrected chi connectivity index (χ0v) is 12.1. The van der Waals surface area contributed by atoms with Gasteiger partial charge in [0.1, 0.15) is 11.4 Å². The van der Waals surface area contributed by atoms with Gasteiger partial charge < -0.3 is 15.7 Å². The number of anilines is 1. The number of amides is 1. The molecule has 1 amide bonds. The van der Waals surface area contributed by atoms with Gasteiger partial charge in [0.15, 0.2) is 0 Å². The highest BCUT2D eigenvalue weighted by Gasteiger charge is 2.19. The van der Waals surface area contributed by atoms with Crippen molar-refractivity contribution in [2.75, 3.05) is 18.0 Å². The van der Waals surface area contributed by atoms with Crippen molar-refractivity contribution in [1.29, 1.82) is 0 Å². The molecule has 2 rings (SSSR count). The SMILES string of the molecule is CCN(C(=O)c1csc(CCN)n1)c1cccc(O)c1. The van der Waals surface area contributed by atoms with Crippen LogP contribution in [0, 0.1) is 0 Å². The molecule has 3 N–H and O–H groups in total. The van der Waals surface area contributed by atoms with Gasteiger partial charge in [-0.05, 0) is 25.6 Å². The lowest BCUT2D eigenvalue weighted by atomic mass is 10.2. The van der Waals surface area contributed by atoms with E-state index in [0.717, 1.165) is 5.01 Å². The number of phenols is 1. The predicted molar refractivity (Wildman–Crippen MR) is 80.3 cm³/mol. The van der Waals surface area contributed by atoms with E-state index in [-0.39, 0.29) is 11.7 Å². The number of aromatic nitrogens is 1. The number of benzene rings is 1. The topological polar surface area (TPSA) is 79.5 Å². The average Bonchev–Trinajstić information content (AvgIpc) is 2.89. The number of aromatic hydroxyl groups is 1. The van der Waals surface area contributed by atoms with Crippen LogP contribution < -0.4 is 10.6 Å². The molecule has 0 aliphatic rings. The highest BCUT2D eigenvalue weighted by Crippen LogP contribution is 2.22. The van der Waals surface area contributed by atoms with Crippen molar-refractivity contribution in [2.45, 2.75) is 13.3 Å². The number of hydrogen-bond acceptors (Lipinski definition) is 5.